The number of alkyl halides is 3. The third-order valence-corrected chi connectivity index (χ3v) is 5.51. The minimum absolute atomic E-state index is 0.177. The molecule has 3 rings (SSSR count). The quantitative estimate of drug-likeness (QED) is 0.634. The molecular formula is C25H28F3NO2. The van der Waals surface area contributed by atoms with E-state index in [4.69, 9.17) is 4.74 Å². The van der Waals surface area contributed by atoms with Gasteiger partial charge in [0.2, 0.25) is 0 Å². The van der Waals surface area contributed by atoms with E-state index in [1.807, 2.05) is 6.07 Å². The molecular weight excluding hydrogens is 403 g/mol. The van der Waals surface area contributed by atoms with Crippen LogP contribution in [0.1, 0.15) is 50.5 Å². The molecule has 1 N–H and O–H groups in total. The lowest BCUT2D eigenvalue weighted by atomic mass is 9.93. The van der Waals surface area contributed by atoms with Crippen LogP contribution in [0, 0.1) is 26.7 Å². The van der Waals surface area contributed by atoms with Crippen LogP contribution < -0.4 is 5.32 Å². The number of nitrogens with one attached hydrogen (secondary N) is 1. The number of rotatable bonds is 6. The Morgan fingerprint density at radius 1 is 1.16 bits per heavy atom. The standard InChI is InChI=1S/C25H28F3NO2/c1-16-10-17(2)12-21(11-16)23(25(26,27)28)7-5-19-4-6-22(18(3)13-19)24(30)29-14-20-8-9-31-15-20/h4-7,10-13,20,23H,8-9,14-15H2,1-3H3,(H,29,30)/b7-5+. The van der Waals surface area contributed by atoms with Crippen LogP contribution in [0.25, 0.3) is 6.08 Å². The minimum atomic E-state index is -4.39. The molecule has 1 saturated heterocycles. The summed E-state index contributed by atoms with van der Waals surface area (Å²) in [7, 11) is 0. The number of aryl methyl sites for hydroxylation is 3. The van der Waals surface area contributed by atoms with Crippen molar-refractivity contribution in [3.63, 3.8) is 0 Å². The van der Waals surface area contributed by atoms with Gasteiger partial charge >= 0.3 is 6.18 Å². The highest BCUT2D eigenvalue weighted by Crippen LogP contribution is 2.37. The van der Waals surface area contributed by atoms with Crippen LogP contribution >= 0.6 is 0 Å². The predicted molar refractivity (Wildman–Crippen MR) is 116 cm³/mol. The van der Waals surface area contributed by atoms with Crippen molar-refractivity contribution in [1.29, 1.82) is 0 Å². The third kappa shape index (κ3) is 6.20. The Morgan fingerprint density at radius 2 is 1.87 bits per heavy atom. The number of benzene rings is 2. The number of allylic oxidation sites excluding steroid dienone is 1. The molecule has 0 saturated carbocycles. The summed E-state index contributed by atoms with van der Waals surface area (Å²) < 4.78 is 46.5. The predicted octanol–water partition coefficient (Wildman–Crippen LogP) is 5.74. The molecule has 0 aliphatic carbocycles. The largest absolute Gasteiger partial charge is 0.399 e. The first-order chi connectivity index (χ1) is 14.6. The maximum Gasteiger partial charge on any atom is 0.399 e. The van der Waals surface area contributed by atoms with Gasteiger partial charge < -0.3 is 10.1 Å². The summed E-state index contributed by atoms with van der Waals surface area (Å²) in [6.07, 6.45) is -0.803. The Kier molecular flexibility index (Phi) is 7.21. The summed E-state index contributed by atoms with van der Waals surface area (Å²) in [5, 5.41) is 2.92. The second-order valence-corrected chi connectivity index (χ2v) is 8.31. The first kappa shape index (κ1) is 23.1. The van der Waals surface area contributed by atoms with Crippen LogP contribution in [0.2, 0.25) is 0 Å². The Labute approximate surface area is 181 Å². The zero-order valence-electron chi connectivity index (χ0n) is 18.1. The van der Waals surface area contributed by atoms with Crippen molar-refractivity contribution in [1.82, 2.24) is 5.32 Å². The molecule has 31 heavy (non-hydrogen) atoms. The van der Waals surface area contributed by atoms with Gasteiger partial charge in [0, 0.05) is 24.6 Å². The van der Waals surface area contributed by atoms with Gasteiger partial charge in [-0.3, -0.25) is 4.79 Å². The highest BCUT2D eigenvalue weighted by molar-refractivity contribution is 5.95. The van der Waals surface area contributed by atoms with E-state index in [0.29, 0.717) is 30.2 Å². The molecule has 6 heteroatoms. The summed E-state index contributed by atoms with van der Waals surface area (Å²) >= 11 is 0. The lowest BCUT2D eigenvalue weighted by Crippen LogP contribution is -2.30. The van der Waals surface area contributed by atoms with Gasteiger partial charge in [0.15, 0.2) is 0 Å². The summed E-state index contributed by atoms with van der Waals surface area (Å²) in [6, 6.07) is 10.1. The van der Waals surface area contributed by atoms with Crippen LogP contribution in [-0.4, -0.2) is 31.8 Å². The molecule has 2 unspecified atom stereocenters. The molecule has 0 bridgehead atoms. The molecule has 1 heterocycles. The smallest absolute Gasteiger partial charge is 0.381 e. The number of carbonyl (C=O) groups is 1. The number of carbonyl (C=O) groups excluding carboxylic acids is 1. The lowest BCUT2D eigenvalue weighted by molar-refractivity contribution is -0.139. The molecule has 1 aliphatic rings. The zero-order valence-corrected chi connectivity index (χ0v) is 18.1. The average Bonchev–Trinajstić information content (AvgIpc) is 3.18. The molecule has 2 aromatic carbocycles. The Bertz CT molecular complexity index is 939. The van der Waals surface area contributed by atoms with Crippen molar-refractivity contribution in [3.05, 3.63) is 75.9 Å². The van der Waals surface area contributed by atoms with E-state index in [1.165, 1.54) is 12.2 Å². The van der Waals surface area contributed by atoms with Crippen molar-refractivity contribution < 1.29 is 22.7 Å². The SMILES string of the molecule is Cc1cc(C)cc(C(/C=C/c2ccc(C(=O)NCC3CCOC3)c(C)c2)C(F)(F)F)c1. The van der Waals surface area contributed by atoms with Crippen LogP contribution in [0.4, 0.5) is 13.2 Å². The van der Waals surface area contributed by atoms with E-state index in [9.17, 15) is 18.0 Å². The summed E-state index contributed by atoms with van der Waals surface area (Å²) in [6.45, 7) is 7.31. The molecule has 2 atom stereocenters. The Balaban J connectivity index is 1.75. The van der Waals surface area contributed by atoms with Gasteiger partial charge in [-0.25, -0.2) is 0 Å². The summed E-state index contributed by atoms with van der Waals surface area (Å²) in [4.78, 5) is 12.5. The lowest BCUT2D eigenvalue weighted by Gasteiger charge is -2.18. The highest BCUT2D eigenvalue weighted by atomic mass is 19.4. The van der Waals surface area contributed by atoms with E-state index in [1.54, 1.807) is 51.1 Å². The molecule has 0 spiro atoms. The van der Waals surface area contributed by atoms with Gasteiger partial charge in [0.25, 0.3) is 5.91 Å². The molecule has 166 valence electrons. The fourth-order valence-electron chi connectivity index (χ4n) is 3.93. The number of amides is 1. The van der Waals surface area contributed by atoms with Gasteiger partial charge in [-0.2, -0.15) is 13.2 Å². The van der Waals surface area contributed by atoms with E-state index < -0.39 is 12.1 Å². The fraction of sp³-hybridized carbons (Fsp3) is 0.400. The van der Waals surface area contributed by atoms with E-state index >= 15 is 0 Å². The van der Waals surface area contributed by atoms with Crippen LogP contribution in [0.3, 0.4) is 0 Å². The molecule has 1 fully saturated rings. The number of halogens is 3. The second kappa shape index (κ2) is 9.69. The third-order valence-electron chi connectivity index (χ3n) is 5.51. The summed E-state index contributed by atoms with van der Waals surface area (Å²) in [5.74, 6) is -1.54. The molecule has 1 amide bonds. The van der Waals surface area contributed by atoms with Crippen LogP contribution in [0.5, 0.6) is 0 Å². The van der Waals surface area contributed by atoms with Crippen molar-refractivity contribution in [2.24, 2.45) is 5.92 Å². The van der Waals surface area contributed by atoms with E-state index in [2.05, 4.69) is 5.32 Å². The molecule has 0 radical (unpaired) electrons. The monoisotopic (exact) mass is 431 g/mol. The summed E-state index contributed by atoms with van der Waals surface area (Å²) in [5.41, 5.74) is 3.69. The minimum Gasteiger partial charge on any atom is -0.381 e. The average molecular weight is 431 g/mol. The topological polar surface area (TPSA) is 38.3 Å². The van der Waals surface area contributed by atoms with Crippen molar-refractivity contribution >= 4 is 12.0 Å². The van der Waals surface area contributed by atoms with E-state index in [0.717, 1.165) is 29.7 Å². The molecule has 2 aromatic rings. The number of hydrogen-bond donors (Lipinski definition) is 1. The van der Waals surface area contributed by atoms with Gasteiger partial charge in [0.05, 0.1) is 12.5 Å². The van der Waals surface area contributed by atoms with Gasteiger partial charge in [-0.15, -0.1) is 0 Å². The van der Waals surface area contributed by atoms with Gasteiger partial charge in [0.1, 0.15) is 0 Å². The Hall–Kier alpha value is -2.60. The number of ether oxygens (including phenoxy) is 1. The van der Waals surface area contributed by atoms with Crippen LogP contribution in [0.15, 0.2) is 42.5 Å². The maximum absolute atomic E-state index is 13.7. The first-order valence-corrected chi connectivity index (χ1v) is 10.4. The molecule has 1 aliphatic heterocycles. The molecule has 0 aromatic heterocycles. The van der Waals surface area contributed by atoms with Gasteiger partial charge in [-0.05, 0) is 49.9 Å². The second-order valence-electron chi connectivity index (χ2n) is 8.31. The molecule has 3 nitrogen and oxygen atoms in total. The fourth-order valence-corrected chi connectivity index (χ4v) is 3.93. The first-order valence-electron chi connectivity index (χ1n) is 10.4. The highest BCUT2D eigenvalue weighted by Gasteiger charge is 2.39. The van der Waals surface area contributed by atoms with Crippen molar-refractivity contribution in [2.75, 3.05) is 19.8 Å². The normalized spacial score (nSPS) is 17.8. The van der Waals surface area contributed by atoms with Gasteiger partial charge in [-0.1, -0.05) is 53.6 Å². The number of hydrogen-bond acceptors (Lipinski definition) is 2. The van der Waals surface area contributed by atoms with Crippen molar-refractivity contribution in [3.8, 4) is 0 Å². The van der Waals surface area contributed by atoms with E-state index in [-0.39, 0.29) is 11.5 Å². The van der Waals surface area contributed by atoms with Crippen molar-refractivity contribution in [2.45, 2.75) is 39.3 Å². The maximum atomic E-state index is 13.7. The Morgan fingerprint density at radius 3 is 2.45 bits per heavy atom. The van der Waals surface area contributed by atoms with Crippen LogP contribution in [-0.2, 0) is 4.74 Å². The zero-order chi connectivity index (χ0) is 22.6.